The third-order valence-electron chi connectivity index (χ3n) is 10.5. The molecule has 0 aromatic heterocycles. The molecule has 0 aliphatic heterocycles. The van der Waals surface area contributed by atoms with E-state index in [9.17, 15) is 0 Å². The number of aryl methyl sites for hydroxylation is 4. The normalized spacial score (nSPS) is 14.0. The Morgan fingerprint density at radius 3 is 0.938 bits per heavy atom. The van der Waals surface area contributed by atoms with E-state index in [2.05, 4.69) is 183 Å². The molecule has 0 spiro atoms. The maximum Gasteiger partial charge on any atom is 0.0490 e. The van der Waals surface area contributed by atoms with Gasteiger partial charge in [-0.15, -0.1) is 0 Å². The summed E-state index contributed by atoms with van der Waals surface area (Å²) >= 11 is 0. The molecular formula is C46H46N2. The van der Waals surface area contributed by atoms with Gasteiger partial charge in [-0.05, 0) is 122 Å². The summed E-state index contributed by atoms with van der Waals surface area (Å²) in [5, 5.41) is 0. The lowest BCUT2D eigenvalue weighted by Gasteiger charge is -2.39. The fraction of sp³-hybridized carbons (Fsp3) is 0.217. The van der Waals surface area contributed by atoms with Crippen molar-refractivity contribution in [2.75, 3.05) is 9.80 Å². The number of nitrogens with zero attached hydrogens (tertiary/aromatic N) is 2. The first kappa shape index (κ1) is 31.5. The zero-order valence-electron chi connectivity index (χ0n) is 28.8. The molecule has 7 rings (SSSR count). The number of benzene rings is 6. The number of anilines is 6. The lowest BCUT2D eigenvalue weighted by atomic mass is 9.65. The van der Waals surface area contributed by atoms with Crippen LogP contribution in [0.5, 0.6) is 0 Å². The van der Waals surface area contributed by atoms with Gasteiger partial charge in [0.2, 0.25) is 0 Å². The Balaban J connectivity index is 1.28. The Kier molecular flexibility index (Phi) is 8.91. The molecule has 0 amide bonds. The summed E-state index contributed by atoms with van der Waals surface area (Å²) in [4.78, 5) is 4.84. The van der Waals surface area contributed by atoms with Gasteiger partial charge >= 0.3 is 0 Å². The van der Waals surface area contributed by atoms with Crippen LogP contribution in [0.25, 0.3) is 0 Å². The van der Waals surface area contributed by atoms with Gasteiger partial charge in [-0.1, -0.05) is 116 Å². The first-order valence-electron chi connectivity index (χ1n) is 17.5. The Morgan fingerprint density at radius 1 is 0.354 bits per heavy atom. The smallest absolute Gasteiger partial charge is 0.0490 e. The molecule has 0 saturated heterocycles. The number of rotatable bonds is 8. The van der Waals surface area contributed by atoms with Crippen LogP contribution >= 0.6 is 0 Å². The summed E-state index contributed by atoms with van der Waals surface area (Å²) in [7, 11) is 0. The van der Waals surface area contributed by atoms with Crippen molar-refractivity contribution >= 4 is 34.1 Å². The van der Waals surface area contributed by atoms with Gasteiger partial charge in [0.05, 0.1) is 0 Å². The Hall–Kier alpha value is -5.08. The van der Waals surface area contributed by atoms with Crippen LogP contribution in [-0.4, -0.2) is 0 Å². The second kappa shape index (κ2) is 13.6. The maximum atomic E-state index is 2.42. The molecule has 2 heteroatoms. The highest BCUT2D eigenvalue weighted by Crippen LogP contribution is 2.47. The van der Waals surface area contributed by atoms with Crippen LogP contribution in [0.15, 0.2) is 146 Å². The average Bonchev–Trinajstić information content (AvgIpc) is 3.12. The van der Waals surface area contributed by atoms with Crippen molar-refractivity contribution in [3.8, 4) is 0 Å². The summed E-state index contributed by atoms with van der Waals surface area (Å²) in [5.74, 6) is 0. The third-order valence-corrected chi connectivity index (χ3v) is 10.5. The Labute approximate surface area is 287 Å². The second-order valence-electron chi connectivity index (χ2n) is 13.6. The molecule has 0 atom stereocenters. The van der Waals surface area contributed by atoms with Crippen molar-refractivity contribution in [2.45, 2.75) is 65.2 Å². The van der Waals surface area contributed by atoms with Gasteiger partial charge in [0.15, 0.2) is 0 Å². The molecule has 1 saturated carbocycles. The van der Waals surface area contributed by atoms with E-state index in [0.29, 0.717) is 0 Å². The van der Waals surface area contributed by atoms with Crippen LogP contribution in [0.4, 0.5) is 34.1 Å². The van der Waals surface area contributed by atoms with E-state index in [4.69, 9.17) is 0 Å². The van der Waals surface area contributed by atoms with Gasteiger partial charge in [-0.2, -0.15) is 0 Å². The van der Waals surface area contributed by atoms with E-state index < -0.39 is 0 Å². The molecular weight excluding hydrogens is 581 g/mol. The number of para-hydroxylation sites is 4. The predicted octanol–water partition coefficient (Wildman–Crippen LogP) is 13.1. The van der Waals surface area contributed by atoms with Crippen LogP contribution in [0.2, 0.25) is 0 Å². The van der Waals surface area contributed by atoms with Crippen molar-refractivity contribution in [2.24, 2.45) is 0 Å². The van der Waals surface area contributed by atoms with Gasteiger partial charge in [0.25, 0.3) is 0 Å². The number of hydrogen-bond donors (Lipinski definition) is 0. The van der Waals surface area contributed by atoms with Crippen LogP contribution in [0.3, 0.4) is 0 Å². The van der Waals surface area contributed by atoms with E-state index in [-0.39, 0.29) is 5.41 Å². The molecule has 0 heterocycles. The molecule has 2 nitrogen and oxygen atoms in total. The van der Waals surface area contributed by atoms with Gasteiger partial charge in [0, 0.05) is 39.5 Å². The van der Waals surface area contributed by atoms with Crippen molar-refractivity contribution < 1.29 is 0 Å². The van der Waals surface area contributed by atoms with Crippen LogP contribution in [0.1, 0.15) is 65.5 Å². The van der Waals surface area contributed by atoms with Crippen molar-refractivity contribution in [1.29, 1.82) is 0 Å². The summed E-state index contributed by atoms with van der Waals surface area (Å²) in [5.41, 5.74) is 15.1. The largest absolute Gasteiger partial charge is 0.310 e. The monoisotopic (exact) mass is 626 g/mol. The molecule has 1 aliphatic carbocycles. The highest BCUT2D eigenvalue weighted by molar-refractivity contribution is 5.81. The molecule has 0 unspecified atom stereocenters. The molecule has 48 heavy (non-hydrogen) atoms. The SMILES string of the molecule is Cc1ccccc1N(c1ccc(C2(c3ccc(N(c4ccccc4C)c4ccccc4C)cc3)CCCCC2)cc1)c1ccccc1C. The highest BCUT2D eigenvalue weighted by Gasteiger charge is 2.36. The third kappa shape index (κ3) is 5.92. The molecule has 0 N–H and O–H groups in total. The van der Waals surface area contributed by atoms with Gasteiger partial charge < -0.3 is 9.80 Å². The molecule has 6 aromatic rings. The molecule has 1 fully saturated rings. The van der Waals surface area contributed by atoms with E-state index in [0.717, 1.165) is 0 Å². The van der Waals surface area contributed by atoms with Crippen LogP contribution < -0.4 is 9.80 Å². The lowest BCUT2D eigenvalue weighted by Crippen LogP contribution is -2.30. The van der Waals surface area contributed by atoms with E-state index in [1.54, 1.807) is 0 Å². The average molecular weight is 627 g/mol. The quantitative estimate of drug-likeness (QED) is 0.166. The van der Waals surface area contributed by atoms with Crippen LogP contribution in [0, 0.1) is 27.7 Å². The first-order valence-corrected chi connectivity index (χ1v) is 17.5. The van der Waals surface area contributed by atoms with Gasteiger partial charge in [-0.3, -0.25) is 0 Å². The zero-order chi connectivity index (χ0) is 33.1. The standard InChI is InChI=1S/C46H46N2/c1-34-16-6-10-20-42(34)47(43-21-11-7-17-35(43)2)40-28-24-38(25-29-40)46(32-14-5-15-33-46)39-26-30-41(31-27-39)48(44-22-12-8-18-36(44)3)45-23-13-9-19-37(45)4/h6-13,16-31H,5,14-15,32-33H2,1-4H3. The molecule has 1 aliphatic rings. The second-order valence-corrected chi connectivity index (χ2v) is 13.6. The van der Waals surface area contributed by atoms with Crippen molar-refractivity contribution in [1.82, 2.24) is 0 Å². The van der Waals surface area contributed by atoms with Gasteiger partial charge in [-0.25, -0.2) is 0 Å². The predicted molar refractivity (Wildman–Crippen MR) is 205 cm³/mol. The minimum absolute atomic E-state index is 0.00161. The molecule has 0 bridgehead atoms. The topological polar surface area (TPSA) is 6.48 Å². The van der Waals surface area contributed by atoms with Crippen molar-refractivity contribution in [3.63, 3.8) is 0 Å². The molecule has 0 radical (unpaired) electrons. The highest BCUT2D eigenvalue weighted by atomic mass is 15.2. The fourth-order valence-electron chi connectivity index (χ4n) is 7.83. The van der Waals surface area contributed by atoms with E-state index in [1.165, 1.54) is 99.6 Å². The summed E-state index contributed by atoms with van der Waals surface area (Å²) < 4.78 is 0. The van der Waals surface area contributed by atoms with E-state index >= 15 is 0 Å². The first-order chi connectivity index (χ1) is 23.5. The van der Waals surface area contributed by atoms with Gasteiger partial charge in [0.1, 0.15) is 0 Å². The van der Waals surface area contributed by atoms with E-state index in [1.807, 2.05) is 0 Å². The lowest BCUT2D eigenvalue weighted by molar-refractivity contribution is 0.346. The summed E-state index contributed by atoms with van der Waals surface area (Å²) in [6, 6.07) is 53.8. The maximum absolute atomic E-state index is 2.42. The fourth-order valence-corrected chi connectivity index (χ4v) is 7.83. The molecule has 6 aromatic carbocycles. The minimum Gasteiger partial charge on any atom is -0.310 e. The minimum atomic E-state index is 0.00161. The van der Waals surface area contributed by atoms with Crippen molar-refractivity contribution in [3.05, 3.63) is 179 Å². The zero-order valence-corrected chi connectivity index (χ0v) is 28.8. The Morgan fingerprint density at radius 2 is 0.646 bits per heavy atom. The summed E-state index contributed by atoms with van der Waals surface area (Å²) in [6.07, 6.45) is 6.15. The summed E-state index contributed by atoms with van der Waals surface area (Å²) in [6.45, 7) is 8.81. The van der Waals surface area contributed by atoms with Crippen LogP contribution in [-0.2, 0) is 5.41 Å². The Bertz CT molecular complexity index is 1770. The molecule has 240 valence electrons. The number of hydrogen-bond acceptors (Lipinski definition) is 2.